The number of nitro groups is 1. The lowest BCUT2D eigenvalue weighted by molar-refractivity contribution is -0.385. The zero-order valence-electron chi connectivity index (χ0n) is 9.88. The van der Waals surface area contributed by atoms with E-state index in [9.17, 15) is 10.1 Å². The molecule has 0 aliphatic carbocycles. The van der Waals surface area contributed by atoms with Gasteiger partial charge in [-0.3, -0.25) is 10.1 Å². The van der Waals surface area contributed by atoms with Crippen LogP contribution in [0.2, 0.25) is 5.02 Å². The third kappa shape index (κ3) is 2.22. The van der Waals surface area contributed by atoms with E-state index in [1.165, 1.54) is 0 Å². The molecule has 0 amide bonds. The molecule has 18 heavy (non-hydrogen) atoms. The highest BCUT2D eigenvalue weighted by Crippen LogP contribution is 2.36. The third-order valence-corrected chi connectivity index (χ3v) is 2.77. The van der Waals surface area contributed by atoms with Crippen molar-refractivity contribution in [2.45, 2.75) is 19.8 Å². The summed E-state index contributed by atoms with van der Waals surface area (Å²) in [5.41, 5.74) is 0.773. The number of halogens is 1. The lowest BCUT2D eigenvalue weighted by atomic mass is 10.1. The van der Waals surface area contributed by atoms with Crippen molar-refractivity contribution in [1.29, 1.82) is 0 Å². The largest absolute Gasteiger partial charge is 0.353 e. The number of benzene rings is 1. The molecule has 0 saturated heterocycles. The van der Waals surface area contributed by atoms with Crippen molar-refractivity contribution < 1.29 is 9.45 Å². The lowest BCUT2D eigenvalue weighted by Gasteiger charge is -1.98. The quantitative estimate of drug-likeness (QED) is 0.621. The molecule has 6 heteroatoms. The molecular weight excluding hydrogens is 256 g/mol. The summed E-state index contributed by atoms with van der Waals surface area (Å²) in [5.74, 6) is 0.184. The average Bonchev–Trinajstić information content (AvgIpc) is 2.74. The summed E-state index contributed by atoms with van der Waals surface area (Å²) >= 11 is 5.78. The number of hydrogen-bond acceptors (Lipinski definition) is 4. The minimum atomic E-state index is -0.463. The summed E-state index contributed by atoms with van der Waals surface area (Å²) in [6, 6.07) is 6.67. The first-order valence-electron chi connectivity index (χ1n) is 5.40. The zero-order chi connectivity index (χ0) is 13.3. The third-order valence-electron chi connectivity index (χ3n) is 2.52. The molecule has 1 aromatic carbocycles. The molecule has 5 nitrogen and oxygen atoms in total. The maximum atomic E-state index is 11.1. The minimum Gasteiger partial charge on any atom is -0.353 e. The van der Waals surface area contributed by atoms with Crippen molar-refractivity contribution in [2.24, 2.45) is 0 Å². The molecule has 0 spiro atoms. The Morgan fingerprint density at radius 3 is 2.44 bits per heavy atom. The summed E-state index contributed by atoms with van der Waals surface area (Å²) in [5, 5.41) is 15.5. The van der Waals surface area contributed by atoms with Crippen LogP contribution >= 0.6 is 11.6 Å². The highest BCUT2D eigenvalue weighted by molar-refractivity contribution is 6.30. The maximum absolute atomic E-state index is 11.1. The lowest BCUT2D eigenvalue weighted by Crippen LogP contribution is -1.95. The number of nitrogens with zero attached hydrogens (tertiary/aromatic N) is 2. The van der Waals surface area contributed by atoms with Gasteiger partial charge in [0.25, 0.3) is 0 Å². The first kappa shape index (κ1) is 12.6. The molecule has 0 saturated carbocycles. The van der Waals surface area contributed by atoms with Gasteiger partial charge in [-0.1, -0.05) is 42.7 Å². The van der Waals surface area contributed by atoms with Gasteiger partial charge in [0, 0.05) is 16.5 Å². The van der Waals surface area contributed by atoms with Gasteiger partial charge in [-0.2, -0.15) is 0 Å². The van der Waals surface area contributed by atoms with E-state index in [1.54, 1.807) is 24.3 Å². The van der Waals surface area contributed by atoms with Gasteiger partial charge >= 0.3 is 5.69 Å². The molecule has 0 fully saturated rings. The summed E-state index contributed by atoms with van der Waals surface area (Å²) in [6.07, 6.45) is 0. The molecule has 2 rings (SSSR count). The zero-order valence-corrected chi connectivity index (χ0v) is 10.6. The van der Waals surface area contributed by atoms with E-state index in [0.29, 0.717) is 10.6 Å². The second-order valence-electron chi connectivity index (χ2n) is 4.16. The van der Waals surface area contributed by atoms with Gasteiger partial charge in [0.05, 0.1) is 4.92 Å². The van der Waals surface area contributed by atoms with Crippen LogP contribution in [0.25, 0.3) is 11.3 Å². The van der Waals surface area contributed by atoms with Gasteiger partial charge in [-0.25, -0.2) is 0 Å². The van der Waals surface area contributed by atoms with Gasteiger partial charge in [0.1, 0.15) is 0 Å². The molecule has 1 aromatic heterocycles. The van der Waals surface area contributed by atoms with Crippen LogP contribution in [-0.4, -0.2) is 10.1 Å². The number of rotatable bonds is 3. The normalized spacial score (nSPS) is 10.9. The summed E-state index contributed by atoms with van der Waals surface area (Å²) in [4.78, 5) is 10.7. The molecule has 0 bridgehead atoms. The molecule has 0 radical (unpaired) electrons. The molecule has 1 heterocycles. The molecule has 94 valence electrons. The number of aromatic nitrogens is 1. The Balaban J connectivity index is 2.58. The fourth-order valence-corrected chi connectivity index (χ4v) is 1.78. The van der Waals surface area contributed by atoms with Crippen molar-refractivity contribution in [3.05, 3.63) is 45.2 Å². The highest BCUT2D eigenvalue weighted by atomic mass is 35.5. The Morgan fingerprint density at radius 1 is 1.33 bits per heavy atom. The van der Waals surface area contributed by atoms with E-state index < -0.39 is 4.92 Å². The minimum absolute atomic E-state index is 0.0766. The van der Waals surface area contributed by atoms with Gasteiger partial charge in [0.15, 0.2) is 5.69 Å². The second-order valence-corrected chi connectivity index (χ2v) is 4.60. The molecule has 0 unspecified atom stereocenters. The van der Waals surface area contributed by atoms with Crippen molar-refractivity contribution in [1.82, 2.24) is 5.16 Å². The molecule has 0 aliphatic rings. The topological polar surface area (TPSA) is 69.2 Å². The van der Waals surface area contributed by atoms with Gasteiger partial charge < -0.3 is 4.52 Å². The standard InChI is InChI=1S/C12H11ClN2O3/c1-7(2)12-11(15(16)17)10(14-18-12)8-3-5-9(13)6-4-8/h3-7H,1-2H3. The van der Waals surface area contributed by atoms with E-state index in [0.717, 1.165) is 0 Å². The van der Waals surface area contributed by atoms with Crippen LogP contribution in [-0.2, 0) is 0 Å². The van der Waals surface area contributed by atoms with Crippen LogP contribution in [0.15, 0.2) is 28.8 Å². The predicted octanol–water partition coefficient (Wildman–Crippen LogP) is 4.03. The van der Waals surface area contributed by atoms with E-state index in [-0.39, 0.29) is 23.1 Å². The number of hydrogen-bond donors (Lipinski definition) is 0. The first-order chi connectivity index (χ1) is 8.50. The monoisotopic (exact) mass is 266 g/mol. The molecule has 0 N–H and O–H groups in total. The van der Waals surface area contributed by atoms with E-state index in [4.69, 9.17) is 16.1 Å². The first-order valence-corrected chi connectivity index (χ1v) is 5.78. The fraction of sp³-hybridized carbons (Fsp3) is 0.250. The Bertz CT molecular complexity index is 576. The maximum Gasteiger partial charge on any atom is 0.339 e. The summed E-state index contributed by atoms with van der Waals surface area (Å²) in [6.45, 7) is 3.64. The van der Waals surface area contributed by atoms with Crippen LogP contribution in [0.5, 0.6) is 0 Å². The van der Waals surface area contributed by atoms with E-state index in [2.05, 4.69) is 5.16 Å². The van der Waals surface area contributed by atoms with Crippen molar-refractivity contribution >= 4 is 17.3 Å². The van der Waals surface area contributed by atoms with Crippen LogP contribution in [0.3, 0.4) is 0 Å². The van der Waals surface area contributed by atoms with Gasteiger partial charge in [-0.05, 0) is 12.1 Å². The summed E-state index contributed by atoms with van der Waals surface area (Å²) in [7, 11) is 0. The fourth-order valence-electron chi connectivity index (χ4n) is 1.65. The van der Waals surface area contributed by atoms with Gasteiger partial charge in [0.2, 0.25) is 5.76 Å². The average molecular weight is 267 g/mol. The Kier molecular flexibility index (Phi) is 3.34. The van der Waals surface area contributed by atoms with E-state index >= 15 is 0 Å². The Labute approximate surface area is 109 Å². The van der Waals surface area contributed by atoms with Crippen molar-refractivity contribution in [3.63, 3.8) is 0 Å². The Morgan fingerprint density at radius 2 is 1.94 bits per heavy atom. The smallest absolute Gasteiger partial charge is 0.339 e. The van der Waals surface area contributed by atoms with Crippen LogP contribution < -0.4 is 0 Å². The molecular formula is C12H11ClN2O3. The second kappa shape index (κ2) is 4.78. The van der Waals surface area contributed by atoms with Crippen molar-refractivity contribution in [3.8, 4) is 11.3 Å². The van der Waals surface area contributed by atoms with Crippen LogP contribution in [0, 0.1) is 10.1 Å². The SMILES string of the molecule is CC(C)c1onc(-c2ccc(Cl)cc2)c1[N+](=O)[O-]. The van der Waals surface area contributed by atoms with Crippen LogP contribution in [0.1, 0.15) is 25.5 Å². The van der Waals surface area contributed by atoms with Crippen molar-refractivity contribution in [2.75, 3.05) is 0 Å². The highest BCUT2D eigenvalue weighted by Gasteiger charge is 2.29. The molecule has 0 aliphatic heterocycles. The molecule has 0 atom stereocenters. The predicted molar refractivity (Wildman–Crippen MR) is 67.7 cm³/mol. The van der Waals surface area contributed by atoms with E-state index in [1.807, 2.05) is 13.8 Å². The molecule has 2 aromatic rings. The Hall–Kier alpha value is -1.88. The van der Waals surface area contributed by atoms with Gasteiger partial charge in [-0.15, -0.1) is 0 Å². The summed E-state index contributed by atoms with van der Waals surface area (Å²) < 4.78 is 5.08. The van der Waals surface area contributed by atoms with Crippen LogP contribution in [0.4, 0.5) is 5.69 Å².